The van der Waals surface area contributed by atoms with Gasteiger partial charge in [-0.15, -0.1) is 0 Å². The summed E-state index contributed by atoms with van der Waals surface area (Å²) in [5.74, 6) is 2.39. The smallest absolute Gasteiger partial charge is 0.270 e. The Morgan fingerprint density at radius 3 is 2.68 bits per heavy atom. The molecule has 1 aromatic carbocycles. The number of para-hydroxylation sites is 1. The number of aromatic nitrogens is 2. The Hall–Kier alpha value is -4.56. The predicted octanol–water partition coefficient (Wildman–Crippen LogP) is 2.93. The number of amides is 2. The molecule has 0 spiro atoms. The maximum absolute atomic E-state index is 13.1. The molecular formula is C27H22F2N4O5. The number of fused-ring (bicyclic) bond motifs is 1. The molecule has 0 bridgehead atoms. The van der Waals surface area contributed by atoms with Crippen molar-refractivity contribution in [3.63, 3.8) is 0 Å². The monoisotopic (exact) mass is 520 g/mol. The standard InChI is InChI=1S/C27H22F2N4O5/c1-33-23-22(8-7-17(31-23)9-11-26(36)15-27(28,29)16-26)37-14-21(25(33)35)32-24(34)20-13-19(10-12-30-20)38-18-5-3-2-4-6-18/h2-8,10,12-13,21,36H,14-16H2,1H3,(H,32,34)/t21-/m0/s1. The molecule has 5 rings (SSSR count). The highest BCUT2D eigenvalue weighted by Crippen LogP contribution is 2.45. The van der Waals surface area contributed by atoms with E-state index in [1.54, 1.807) is 18.2 Å². The summed E-state index contributed by atoms with van der Waals surface area (Å²) in [7, 11) is 1.46. The van der Waals surface area contributed by atoms with Crippen molar-refractivity contribution in [3.8, 4) is 29.1 Å². The molecule has 1 aliphatic carbocycles. The number of ether oxygens (including phenoxy) is 2. The average Bonchev–Trinajstić information content (AvgIpc) is 2.99. The quantitative estimate of drug-likeness (QED) is 0.509. The fourth-order valence-electron chi connectivity index (χ4n) is 4.07. The minimum absolute atomic E-state index is 0.0471. The Bertz CT molecular complexity index is 1450. The lowest BCUT2D eigenvalue weighted by molar-refractivity contribution is -0.176. The molecule has 2 aliphatic rings. The Kier molecular flexibility index (Phi) is 6.42. The third kappa shape index (κ3) is 5.40. The van der Waals surface area contributed by atoms with Gasteiger partial charge in [-0.25, -0.2) is 13.8 Å². The lowest BCUT2D eigenvalue weighted by atomic mass is 9.77. The molecular weight excluding hydrogens is 498 g/mol. The number of benzene rings is 1. The number of anilines is 1. The van der Waals surface area contributed by atoms with Crippen LogP contribution in [-0.2, 0) is 4.79 Å². The maximum Gasteiger partial charge on any atom is 0.270 e. The van der Waals surface area contributed by atoms with E-state index in [4.69, 9.17) is 9.47 Å². The molecule has 11 heteroatoms. The largest absolute Gasteiger partial charge is 0.487 e. The van der Waals surface area contributed by atoms with Crippen LogP contribution < -0.4 is 19.7 Å². The van der Waals surface area contributed by atoms with Gasteiger partial charge in [-0.05, 0) is 36.3 Å². The van der Waals surface area contributed by atoms with Crippen molar-refractivity contribution in [2.75, 3.05) is 18.6 Å². The van der Waals surface area contributed by atoms with Gasteiger partial charge in [0, 0.05) is 19.3 Å². The molecule has 2 amide bonds. The fraction of sp³-hybridized carbons (Fsp3) is 0.259. The van der Waals surface area contributed by atoms with Gasteiger partial charge in [0.1, 0.15) is 41.1 Å². The summed E-state index contributed by atoms with van der Waals surface area (Å²) in [6.45, 7) is -0.163. The van der Waals surface area contributed by atoms with Crippen LogP contribution in [0.4, 0.5) is 14.6 Å². The van der Waals surface area contributed by atoms with Gasteiger partial charge in [0.2, 0.25) is 0 Å². The number of pyridine rings is 2. The van der Waals surface area contributed by atoms with Crippen molar-refractivity contribution in [3.05, 3.63) is 72.2 Å². The van der Waals surface area contributed by atoms with Crippen molar-refractivity contribution in [1.82, 2.24) is 15.3 Å². The van der Waals surface area contributed by atoms with Crippen LogP contribution in [0.5, 0.6) is 17.2 Å². The van der Waals surface area contributed by atoms with Gasteiger partial charge >= 0.3 is 0 Å². The molecule has 3 heterocycles. The third-order valence-corrected chi connectivity index (χ3v) is 5.96. The Morgan fingerprint density at radius 1 is 1.18 bits per heavy atom. The number of halogens is 2. The second kappa shape index (κ2) is 9.72. The Balaban J connectivity index is 1.28. The van der Waals surface area contributed by atoms with Crippen LogP contribution in [0.2, 0.25) is 0 Å². The summed E-state index contributed by atoms with van der Waals surface area (Å²) in [5.41, 5.74) is -1.56. The topological polar surface area (TPSA) is 114 Å². The average molecular weight is 520 g/mol. The second-order valence-electron chi connectivity index (χ2n) is 9.04. The van der Waals surface area contributed by atoms with E-state index < -0.39 is 42.2 Å². The summed E-state index contributed by atoms with van der Waals surface area (Å²) in [6, 6.07) is 14.1. The normalized spacial score (nSPS) is 19.0. The first-order chi connectivity index (χ1) is 18.1. The van der Waals surface area contributed by atoms with Gasteiger partial charge in [0.15, 0.2) is 11.6 Å². The van der Waals surface area contributed by atoms with Gasteiger partial charge in [-0.2, -0.15) is 0 Å². The number of hydrogen-bond acceptors (Lipinski definition) is 7. The minimum atomic E-state index is -2.93. The molecule has 1 fully saturated rings. The zero-order valence-electron chi connectivity index (χ0n) is 20.1. The molecule has 1 saturated carbocycles. The van der Waals surface area contributed by atoms with Crippen molar-refractivity contribution in [2.24, 2.45) is 0 Å². The summed E-state index contributed by atoms with van der Waals surface area (Å²) in [6.07, 6.45) is -0.0533. The Labute approximate surface area is 216 Å². The van der Waals surface area contributed by atoms with Gasteiger partial charge in [-0.3, -0.25) is 19.5 Å². The number of rotatable bonds is 4. The first-order valence-corrected chi connectivity index (χ1v) is 11.7. The number of nitrogens with one attached hydrogen (secondary N) is 1. The third-order valence-electron chi connectivity index (χ3n) is 5.96. The van der Waals surface area contributed by atoms with Crippen LogP contribution in [-0.4, -0.2) is 58.1 Å². The molecule has 9 nitrogen and oxygen atoms in total. The highest BCUT2D eigenvalue weighted by Gasteiger charge is 2.55. The molecule has 2 N–H and O–H groups in total. The van der Waals surface area contributed by atoms with Crippen molar-refractivity contribution < 1.29 is 33.0 Å². The van der Waals surface area contributed by atoms with Crippen molar-refractivity contribution in [1.29, 1.82) is 0 Å². The second-order valence-corrected chi connectivity index (χ2v) is 9.04. The number of carbonyl (C=O) groups is 2. The number of alkyl halides is 2. The summed E-state index contributed by atoms with van der Waals surface area (Å²) >= 11 is 0. The van der Waals surface area contributed by atoms with Crippen molar-refractivity contribution in [2.45, 2.75) is 30.4 Å². The number of likely N-dealkylation sites (N-methyl/N-ethyl adjacent to an activating group) is 1. The van der Waals surface area contributed by atoms with Crippen LogP contribution in [0.1, 0.15) is 29.0 Å². The predicted molar refractivity (Wildman–Crippen MR) is 131 cm³/mol. The highest BCUT2D eigenvalue weighted by atomic mass is 19.3. The molecule has 1 aliphatic heterocycles. The van der Waals surface area contributed by atoms with Crippen molar-refractivity contribution >= 4 is 17.6 Å². The number of nitrogens with zero attached hydrogens (tertiary/aromatic N) is 3. The van der Waals surface area contributed by atoms with E-state index in [2.05, 4.69) is 27.1 Å². The summed E-state index contributed by atoms with van der Waals surface area (Å²) in [5, 5.41) is 12.7. The van der Waals surface area contributed by atoms with Crippen LogP contribution >= 0.6 is 0 Å². The number of carbonyl (C=O) groups excluding carboxylic acids is 2. The van der Waals surface area contributed by atoms with E-state index in [0.29, 0.717) is 11.5 Å². The van der Waals surface area contributed by atoms with E-state index in [0.717, 1.165) is 0 Å². The first kappa shape index (κ1) is 25.1. The van der Waals surface area contributed by atoms with Gasteiger partial charge < -0.3 is 19.9 Å². The molecule has 3 aromatic rings. The van der Waals surface area contributed by atoms with Crippen LogP contribution in [0.3, 0.4) is 0 Å². The summed E-state index contributed by atoms with van der Waals surface area (Å²) < 4.78 is 37.7. The zero-order chi connectivity index (χ0) is 26.9. The molecule has 1 atom stereocenters. The molecule has 2 aromatic heterocycles. The van der Waals surface area contributed by atoms with E-state index in [-0.39, 0.29) is 29.6 Å². The highest BCUT2D eigenvalue weighted by molar-refractivity contribution is 6.02. The SMILES string of the molecule is CN1C(=O)[C@@H](NC(=O)c2cc(Oc3ccccc3)ccn2)COc2ccc(C#CC3(O)CC(F)(F)C3)nc21. The summed E-state index contributed by atoms with van der Waals surface area (Å²) in [4.78, 5) is 35.6. The van der Waals surface area contributed by atoms with E-state index >= 15 is 0 Å². The molecule has 0 saturated heterocycles. The first-order valence-electron chi connectivity index (χ1n) is 11.7. The number of aliphatic hydroxyl groups is 1. The number of hydrogen-bond donors (Lipinski definition) is 2. The zero-order valence-corrected chi connectivity index (χ0v) is 20.1. The van der Waals surface area contributed by atoms with E-state index in [9.17, 15) is 23.5 Å². The molecule has 0 radical (unpaired) electrons. The van der Waals surface area contributed by atoms with Crippen LogP contribution in [0, 0.1) is 11.8 Å². The molecule has 0 unspecified atom stereocenters. The van der Waals surface area contributed by atoms with Gasteiger partial charge in [0.25, 0.3) is 17.7 Å². The fourth-order valence-corrected chi connectivity index (χ4v) is 4.07. The van der Waals surface area contributed by atoms with Gasteiger partial charge in [0.05, 0.1) is 12.8 Å². The van der Waals surface area contributed by atoms with E-state index in [1.165, 1.54) is 36.3 Å². The van der Waals surface area contributed by atoms with Crippen LogP contribution in [0.25, 0.3) is 0 Å². The minimum Gasteiger partial charge on any atom is -0.487 e. The van der Waals surface area contributed by atoms with E-state index in [1.807, 2.05) is 18.2 Å². The van der Waals surface area contributed by atoms with Crippen LogP contribution in [0.15, 0.2) is 60.8 Å². The Morgan fingerprint density at radius 2 is 1.95 bits per heavy atom. The maximum atomic E-state index is 13.1. The molecule has 194 valence electrons. The lowest BCUT2D eigenvalue weighted by Gasteiger charge is -2.39. The van der Waals surface area contributed by atoms with Gasteiger partial charge in [-0.1, -0.05) is 24.1 Å². The molecule has 38 heavy (non-hydrogen) atoms. The lowest BCUT2D eigenvalue weighted by Crippen LogP contribution is -2.50.